The Morgan fingerprint density at radius 1 is 1.50 bits per heavy atom. The minimum Gasteiger partial charge on any atom is -0.382 e. The summed E-state index contributed by atoms with van der Waals surface area (Å²) < 4.78 is 45.3. The Labute approximate surface area is 129 Å². The van der Waals surface area contributed by atoms with Gasteiger partial charge in [-0.15, -0.1) is 0 Å². The molecule has 1 aromatic carbocycles. The Morgan fingerprint density at radius 2 is 2.18 bits per heavy atom. The molecule has 0 spiro atoms. The van der Waals surface area contributed by atoms with Crippen LogP contribution in [0, 0.1) is 12.7 Å². The van der Waals surface area contributed by atoms with Crippen molar-refractivity contribution in [1.82, 2.24) is 4.31 Å². The number of carbonyl (C=O) groups excluding carboxylic acids is 1. The number of methoxy groups -OCH3 is 1. The van der Waals surface area contributed by atoms with E-state index >= 15 is 0 Å². The summed E-state index contributed by atoms with van der Waals surface area (Å²) in [6.45, 7) is 1.56. The van der Waals surface area contributed by atoms with E-state index in [-0.39, 0.29) is 24.5 Å². The number of primary amides is 1. The summed E-state index contributed by atoms with van der Waals surface area (Å²) in [5.41, 5.74) is 4.36. The lowest BCUT2D eigenvalue weighted by Crippen LogP contribution is -2.58. The van der Waals surface area contributed by atoms with E-state index in [1.165, 1.54) is 19.2 Å². The molecule has 2 N–H and O–H groups in total. The largest absolute Gasteiger partial charge is 0.382 e. The third-order valence-corrected chi connectivity index (χ3v) is 5.96. The van der Waals surface area contributed by atoms with Gasteiger partial charge in [0.1, 0.15) is 11.4 Å². The van der Waals surface area contributed by atoms with Crippen LogP contribution in [0.1, 0.15) is 18.4 Å². The molecule has 6 nitrogen and oxygen atoms in total. The molecule has 2 rings (SSSR count). The fourth-order valence-electron chi connectivity index (χ4n) is 2.77. The second kappa shape index (κ2) is 5.94. The summed E-state index contributed by atoms with van der Waals surface area (Å²) in [5.74, 6) is -1.38. The van der Waals surface area contributed by atoms with Gasteiger partial charge in [0.25, 0.3) is 0 Å². The van der Waals surface area contributed by atoms with Crippen molar-refractivity contribution in [2.24, 2.45) is 5.73 Å². The molecule has 1 unspecified atom stereocenters. The molecule has 22 heavy (non-hydrogen) atoms. The Balaban J connectivity index is 2.51. The minimum atomic E-state index is -4.04. The molecule has 0 bridgehead atoms. The molecule has 0 aromatic heterocycles. The van der Waals surface area contributed by atoms with E-state index in [0.29, 0.717) is 12.0 Å². The minimum absolute atomic E-state index is 0.129. The monoisotopic (exact) mass is 330 g/mol. The lowest BCUT2D eigenvalue weighted by molar-refractivity contribution is -0.128. The van der Waals surface area contributed by atoms with E-state index in [1.807, 2.05) is 0 Å². The van der Waals surface area contributed by atoms with E-state index < -0.39 is 27.3 Å². The average molecular weight is 330 g/mol. The van der Waals surface area contributed by atoms with E-state index in [4.69, 9.17) is 10.5 Å². The van der Waals surface area contributed by atoms with Gasteiger partial charge in [-0.25, -0.2) is 12.8 Å². The van der Waals surface area contributed by atoms with Gasteiger partial charge in [-0.3, -0.25) is 4.79 Å². The summed E-state index contributed by atoms with van der Waals surface area (Å²) in [7, 11) is -2.67. The SMILES string of the molecule is COCC1(C(N)=O)CCCN1S(=O)(=O)c1ccc(C)c(F)c1. The highest BCUT2D eigenvalue weighted by molar-refractivity contribution is 7.89. The number of aryl methyl sites for hydroxylation is 1. The predicted octanol–water partition coefficient (Wildman–Crippen LogP) is 0.789. The molecular formula is C14H19FN2O4S. The fourth-order valence-corrected chi connectivity index (χ4v) is 4.58. The molecule has 1 heterocycles. The molecule has 1 fully saturated rings. The molecule has 1 aliphatic rings. The normalized spacial score (nSPS) is 22.9. The Morgan fingerprint density at radius 3 is 2.73 bits per heavy atom. The molecule has 1 saturated heterocycles. The van der Waals surface area contributed by atoms with Crippen LogP contribution in [-0.2, 0) is 19.6 Å². The standard InChI is InChI=1S/C14H19FN2O4S/c1-10-4-5-11(8-12(10)15)22(19,20)17-7-3-6-14(17,9-21-2)13(16)18/h4-5,8H,3,6-7,9H2,1-2H3,(H2,16,18). The van der Waals surface area contributed by atoms with Gasteiger partial charge >= 0.3 is 0 Å². The van der Waals surface area contributed by atoms with Gasteiger partial charge in [0.2, 0.25) is 15.9 Å². The zero-order chi connectivity index (χ0) is 16.5. The van der Waals surface area contributed by atoms with Crippen LogP contribution >= 0.6 is 0 Å². The smallest absolute Gasteiger partial charge is 0.244 e. The van der Waals surface area contributed by atoms with Crippen LogP contribution in [0.15, 0.2) is 23.1 Å². The number of carbonyl (C=O) groups is 1. The van der Waals surface area contributed by atoms with Crippen molar-refractivity contribution < 1.29 is 22.3 Å². The maximum absolute atomic E-state index is 13.7. The average Bonchev–Trinajstić information content (AvgIpc) is 2.88. The van der Waals surface area contributed by atoms with Crippen LogP contribution in [0.25, 0.3) is 0 Å². The number of sulfonamides is 1. The second-order valence-electron chi connectivity index (χ2n) is 5.42. The van der Waals surface area contributed by atoms with E-state index in [0.717, 1.165) is 10.4 Å². The Bertz CT molecular complexity index is 692. The zero-order valence-corrected chi connectivity index (χ0v) is 13.3. The number of amides is 1. The molecule has 1 aromatic rings. The van der Waals surface area contributed by atoms with Gasteiger partial charge in [-0.2, -0.15) is 4.31 Å². The number of hydrogen-bond acceptors (Lipinski definition) is 4. The molecule has 0 aliphatic carbocycles. The molecule has 0 saturated carbocycles. The number of nitrogens with zero attached hydrogens (tertiary/aromatic N) is 1. The van der Waals surface area contributed by atoms with Gasteiger partial charge in [-0.05, 0) is 37.5 Å². The molecule has 1 amide bonds. The number of ether oxygens (including phenoxy) is 1. The number of halogens is 1. The van der Waals surface area contributed by atoms with E-state index in [2.05, 4.69) is 0 Å². The zero-order valence-electron chi connectivity index (χ0n) is 12.5. The van der Waals surface area contributed by atoms with Crippen molar-refractivity contribution in [3.8, 4) is 0 Å². The number of hydrogen-bond donors (Lipinski definition) is 1. The maximum Gasteiger partial charge on any atom is 0.244 e. The molecule has 1 atom stereocenters. The van der Waals surface area contributed by atoms with Crippen LogP contribution in [0.3, 0.4) is 0 Å². The van der Waals surface area contributed by atoms with Crippen LogP contribution in [0.2, 0.25) is 0 Å². The maximum atomic E-state index is 13.7. The highest BCUT2D eigenvalue weighted by Gasteiger charge is 2.52. The Kier molecular flexibility index (Phi) is 4.55. The topological polar surface area (TPSA) is 89.7 Å². The third kappa shape index (κ3) is 2.62. The lowest BCUT2D eigenvalue weighted by Gasteiger charge is -2.34. The number of benzene rings is 1. The summed E-state index contributed by atoms with van der Waals surface area (Å²) in [4.78, 5) is 11.7. The molecular weight excluding hydrogens is 311 g/mol. The van der Waals surface area contributed by atoms with Gasteiger partial charge in [0, 0.05) is 13.7 Å². The van der Waals surface area contributed by atoms with Crippen molar-refractivity contribution in [3.05, 3.63) is 29.6 Å². The van der Waals surface area contributed by atoms with Crippen LogP contribution in [0.5, 0.6) is 0 Å². The van der Waals surface area contributed by atoms with E-state index in [1.54, 1.807) is 6.92 Å². The van der Waals surface area contributed by atoms with Crippen molar-refractivity contribution in [2.75, 3.05) is 20.3 Å². The number of rotatable bonds is 5. The first-order valence-corrected chi connectivity index (χ1v) is 8.27. The van der Waals surface area contributed by atoms with Crippen molar-refractivity contribution in [1.29, 1.82) is 0 Å². The van der Waals surface area contributed by atoms with Crippen molar-refractivity contribution in [2.45, 2.75) is 30.2 Å². The number of nitrogens with two attached hydrogens (primary N) is 1. The lowest BCUT2D eigenvalue weighted by atomic mass is 9.98. The predicted molar refractivity (Wildman–Crippen MR) is 78.1 cm³/mol. The summed E-state index contributed by atoms with van der Waals surface area (Å²) in [6, 6.07) is 3.67. The highest BCUT2D eigenvalue weighted by atomic mass is 32.2. The quantitative estimate of drug-likeness (QED) is 0.864. The van der Waals surface area contributed by atoms with E-state index in [9.17, 15) is 17.6 Å². The molecule has 1 aliphatic heterocycles. The van der Waals surface area contributed by atoms with Crippen LogP contribution in [0.4, 0.5) is 4.39 Å². The van der Waals surface area contributed by atoms with Crippen LogP contribution < -0.4 is 5.73 Å². The Hall–Kier alpha value is -1.51. The van der Waals surface area contributed by atoms with Gasteiger partial charge in [0.05, 0.1) is 11.5 Å². The first kappa shape index (κ1) is 16.9. The molecule has 122 valence electrons. The summed E-state index contributed by atoms with van der Waals surface area (Å²) in [5, 5.41) is 0. The summed E-state index contributed by atoms with van der Waals surface area (Å²) in [6.07, 6.45) is 0.767. The van der Waals surface area contributed by atoms with Crippen LogP contribution in [-0.4, -0.2) is 44.4 Å². The van der Waals surface area contributed by atoms with Crippen molar-refractivity contribution in [3.63, 3.8) is 0 Å². The molecule has 0 radical (unpaired) electrons. The third-order valence-electron chi connectivity index (χ3n) is 4.00. The van der Waals surface area contributed by atoms with Gasteiger partial charge in [-0.1, -0.05) is 6.07 Å². The van der Waals surface area contributed by atoms with Gasteiger partial charge in [0.15, 0.2) is 0 Å². The first-order chi connectivity index (χ1) is 10.3. The fraction of sp³-hybridized carbons (Fsp3) is 0.500. The van der Waals surface area contributed by atoms with Crippen molar-refractivity contribution >= 4 is 15.9 Å². The molecule has 8 heteroatoms. The first-order valence-electron chi connectivity index (χ1n) is 6.83. The highest BCUT2D eigenvalue weighted by Crippen LogP contribution is 2.35. The second-order valence-corrected chi connectivity index (χ2v) is 7.28. The van der Waals surface area contributed by atoms with Gasteiger partial charge < -0.3 is 10.5 Å². The summed E-state index contributed by atoms with van der Waals surface area (Å²) >= 11 is 0.